The zero-order valence-electron chi connectivity index (χ0n) is 7.74. The van der Waals surface area contributed by atoms with Crippen molar-refractivity contribution in [2.45, 2.75) is 12.8 Å². The highest BCUT2D eigenvalue weighted by molar-refractivity contribution is 5.50. The van der Waals surface area contributed by atoms with Gasteiger partial charge in [-0.2, -0.15) is 0 Å². The van der Waals surface area contributed by atoms with E-state index < -0.39 is 0 Å². The van der Waals surface area contributed by atoms with Gasteiger partial charge in [0.15, 0.2) is 0 Å². The van der Waals surface area contributed by atoms with Gasteiger partial charge in [-0.3, -0.25) is 4.98 Å². The van der Waals surface area contributed by atoms with E-state index in [1.165, 1.54) is 31.6 Å². The molecule has 0 unspecified atom stereocenters. The smallest absolute Gasteiger partial charge is 0.0625 e. The predicted octanol–water partition coefficient (Wildman–Crippen LogP) is 2.32. The first-order valence-electron chi connectivity index (χ1n) is 4.73. The minimum atomic E-state index is 0.947. The maximum absolute atomic E-state index is 4.28. The normalized spacial score (nSPS) is 16.2. The van der Waals surface area contributed by atoms with Crippen molar-refractivity contribution in [3.63, 3.8) is 0 Å². The van der Waals surface area contributed by atoms with Crippen molar-refractivity contribution in [2.75, 3.05) is 18.0 Å². The summed E-state index contributed by atoms with van der Waals surface area (Å²) in [5.41, 5.74) is 2.19. The number of nitrogens with zero attached hydrogens (tertiary/aromatic N) is 2. The van der Waals surface area contributed by atoms with E-state index in [9.17, 15) is 0 Å². The summed E-state index contributed by atoms with van der Waals surface area (Å²) in [4.78, 5) is 6.66. The van der Waals surface area contributed by atoms with Gasteiger partial charge in [-0.05, 0) is 31.1 Å². The van der Waals surface area contributed by atoms with Crippen molar-refractivity contribution in [1.82, 2.24) is 4.98 Å². The molecule has 0 saturated carbocycles. The van der Waals surface area contributed by atoms with Crippen LogP contribution in [0.2, 0.25) is 0 Å². The molecule has 1 aromatic rings. The van der Waals surface area contributed by atoms with Crippen LogP contribution in [0, 0.1) is 0 Å². The van der Waals surface area contributed by atoms with Crippen molar-refractivity contribution in [2.24, 2.45) is 0 Å². The van der Waals surface area contributed by atoms with Gasteiger partial charge in [-0.15, -0.1) is 0 Å². The molecule has 68 valence electrons. The molecule has 13 heavy (non-hydrogen) atoms. The van der Waals surface area contributed by atoms with E-state index in [2.05, 4.69) is 22.5 Å². The molecule has 0 atom stereocenters. The summed E-state index contributed by atoms with van der Waals surface area (Å²) < 4.78 is 0. The lowest BCUT2D eigenvalue weighted by molar-refractivity contribution is 0.949. The lowest BCUT2D eigenvalue weighted by atomic mass is 10.3. The zero-order valence-corrected chi connectivity index (χ0v) is 7.74. The topological polar surface area (TPSA) is 16.1 Å². The number of hydrogen-bond acceptors (Lipinski definition) is 2. The Labute approximate surface area is 78.9 Å². The molecule has 1 aliphatic heterocycles. The lowest BCUT2D eigenvalue weighted by Crippen LogP contribution is -2.17. The molecule has 0 aromatic carbocycles. The van der Waals surface area contributed by atoms with Crippen LogP contribution in [0.5, 0.6) is 0 Å². The van der Waals surface area contributed by atoms with Gasteiger partial charge in [0, 0.05) is 13.1 Å². The molecule has 0 spiro atoms. The summed E-state index contributed by atoms with van der Waals surface area (Å²) in [7, 11) is 0. The highest BCUT2D eigenvalue weighted by Crippen LogP contribution is 2.18. The van der Waals surface area contributed by atoms with Crippen LogP contribution < -0.4 is 4.90 Å². The van der Waals surface area contributed by atoms with Gasteiger partial charge in [-0.1, -0.05) is 6.58 Å². The van der Waals surface area contributed by atoms with Gasteiger partial charge < -0.3 is 4.90 Å². The Morgan fingerprint density at radius 1 is 1.31 bits per heavy atom. The largest absolute Gasteiger partial charge is 0.370 e. The molecular formula is C11H14N2. The van der Waals surface area contributed by atoms with E-state index in [1.54, 1.807) is 6.08 Å². The van der Waals surface area contributed by atoms with Crippen molar-refractivity contribution in [3.05, 3.63) is 30.6 Å². The summed E-state index contributed by atoms with van der Waals surface area (Å²) in [6.45, 7) is 6.03. The van der Waals surface area contributed by atoms with Crippen molar-refractivity contribution >= 4 is 11.8 Å². The molecule has 1 saturated heterocycles. The van der Waals surface area contributed by atoms with E-state index >= 15 is 0 Å². The number of anilines is 1. The summed E-state index contributed by atoms with van der Waals surface area (Å²) in [5.74, 6) is 0. The van der Waals surface area contributed by atoms with Crippen LogP contribution in [-0.4, -0.2) is 18.1 Å². The van der Waals surface area contributed by atoms with Crippen molar-refractivity contribution in [3.8, 4) is 0 Å². The van der Waals surface area contributed by atoms with Crippen LogP contribution in [-0.2, 0) is 0 Å². The number of pyridine rings is 1. The number of hydrogen-bond donors (Lipinski definition) is 0. The Bertz CT molecular complexity index is 283. The molecule has 0 aliphatic carbocycles. The van der Waals surface area contributed by atoms with Crippen LogP contribution in [0.25, 0.3) is 6.08 Å². The van der Waals surface area contributed by atoms with E-state index in [-0.39, 0.29) is 0 Å². The van der Waals surface area contributed by atoms with Crippen molar-refractivity contribution in [1.29, 1.82) is 0 Å². The average Bonchev–Trinajstić information content (AvgIpc) is 2.71. The molecule has 0 radical (unpaired) electrons. The Kier molecular flexibility index (Phi) is 2.30. The third kappa shape index (κ3) is 1.72. The highest BCUT2D eigenvalue weighted by Gasteiger charge is 2.11. The average molecular weight is 174 g/mol. The molecule has 1 aromatic heterocycles. The molecule has 1 aliphatic rings. The highest BCUT2D eigenvalue weighted by atomic mass is 15.1. The fourth-order valence-corrected chi connectivity index (χ4v) is 1.68. The van der Waals surface area contributed by atoms with Crippen LogP contribution >= 0.6 is 0 Å². The van der Waals surface area contributed by atoms with Crippen LogP contribution in [0.15, 0.2) is 24.9 Å². The first-order valence-corrected chi connectivity index (χ1v) is 4.73. The maximum Gasteiger partial charge on any atom is 0.0625 e. The summed E-state index contributed by atoms with van der Waals surface area (Å²) in [6.07, 6.45) is 6.32. The zero-order chi connectivity index (χ0) is 9.10. The van der Waals surface area contributed by atoms with Gasteiger partial charge in [0.05, 0.1) is 17.6 Å². The Morgan fingerprint density at radius 2 is 2.08 bits per heavy atom. The molecule has 1 fully saturated rings. The molecule has 2 nitrogen and oxygen atoms in total. The fraction of sp³-hybridized carbons (Fsp3) is 0.364. The van der Waals surface area contributed by atoms with Crippen LogP contribution in [0.3, 0.4) is 0 Å². The summed E-state index contributed by atoms with van der Waals surface area (Å²) in [5, 5.41) is 0. The Balaban J connectivity index is 2.16. The predicted molar refractivity (Wildman–Crippen MR) is 55.8 cm³/mol. The molecule has 0 bridgehead atoms. The molecule has 2 rings (SSSR count). The standard InChI is InChI=1S/C11H14N2/c1-2-10-5-6-11(9-12-10)13-7-3-4-8-13/h2,5-6,9H,1,3-4,7-8H2. The minimum absolute atomic E-state index is 0.947. The Morgan fingerprint density at radius 3 is 2.62 bits per heavy atom. The van der Waals surface area contributed by atoms with Gasteiger partial charge in [0.25, 0.3) is 0 Å². The molecule has 0 N–H and O–H groups in total. The molecule has 2 heterocycles. The van der Waals surface area contributed by atoms with Gasteiger partial charge in [-0.25, -0.2) is 0 Å². The second kappa shape index (κ2) is 3.60. The number of rotatable bonds is 2. The summed E-state index contributed by atoms with van der Waals surface area (Å²) in [6, 6.07) is 4.13. The second-order valence-electron chi connectivity index (χ2n) is 3.34. The van der Waals surface area contributed by atoms with Crippen molar-refractivity contribution < 1.29 is 0 Å². The summed E-state index contributed by atoms with van der Waals surface area (Å²) >= 11 is 0. The van der Waals surface area contributed by atoms with E-state index in [4.69, 9.17) is 0 Å². The minimum Gasteiger partial charge on any atom is -0.370 e. The third-order valence-electron chi connectivity index (χ3n) is 2.45. The van der Waals surface area contributed by atoms with Crippen LogP contribution in [0.4, 0.5) is 5.69 Å². The molecular weight excluding hydrogens is 160 g/mol. The molecule has 2 heteroatoms. The quantitative estimate of drug-likeness (QED) is 0.684. The first kappa shape index (κ1) is 8.30. The lowest BCUT2D eigenvalue weighted by Gasteiger charge is -2.16. The van der Waals surface area contributed by atoms with E-state index in [0.717, 1.165) is 5.69 Å². The van der Waals surface area contributed by atoms with Gasteiger partial charge in [0.1, 0.15) is 0 Å². The van der Waals surface area contributed by atoms with Gasteiger partial charge in [0.2, 0.25) is 0 Å². The monoisotopic (exact) mass is 174 g/mol. The van der Waals surface area contributed by atoms with Crippen LogP contribution in [0.1, 0.15) is 18.5 Å². The maximum atomic E-state index is 4.28. The second-order valence-corrected chi connectivity index (χ2v) is 3.34. The third-order valence-corrected chi connectivity index (χ3v) is 2.45. The van der Waals surface area contributed by atoms with E-state index in [0.29, 0.717) is 0 Å². The molecule has 0 amide bonds. The van der Waals surface area contributed by atoms with E-state index in [1.807, 2.05) is 12.3 Å². The number of aromatic nitrogens is 1. The fourth-order valence-electron chi connectivity index (χ4n) is 1.68. The Hall–Kier alpha value is -1.31. The first-order chi connectivity index (χ1) is 6.40. The SMILES string of the molecule is C=Cc1ccc(N2CCCC2)cn1. The van der Waals surface area contributed by atoms with Gasteiger partial charge >= 0.3 is 0 Å².